The second kappa shape index (κ2) is 3.35. The lowest BCUT2D eigenvalue weighted by molar-refractivity contribution is 0.129. The molecule has 0 aromatic carbocycles. The van der Waals surface area contributed by atoms with E-state index in [1.54, 1.807) is 0 Å². The summed E-state index contributed by atoms with van der Waals surface area (Å²) in [6.07, 6.45) is 2.83. The summed E-state index contributed by atoms with van der Waals surface area (Å²) in [6, 6.07) is 0.910. The van der Waals surface area contributed by atoms with Crippen LogP contribution in [0.5, 0.6) is 0 Å². The van der Waals surface area contributed by atoms with Gasteiger partial charge in [0.1, 0.15) is 0 Å². The number of likely N-dealkylation sites (tertiary alicyclic amines) is 2. The summed E-state index contributed by atoms with van der Waals surface area (Å²) in [7, 11) is 2.28. The lowest BCUT2D eigenvalue weighted by Gasteiger charge is -2.36. The van der Waals surface area contributed by atoms with Crippen molar-refractivity contribution in [3.05, 3.63) is 0 Å². The number of piperidine rings is 1. The van der Waals surface area contributed by atoms with Crippen LogP contribution in [0.4, 0.5) is 0 Å². The van der Waals surface area contributed by atoms with Gasteiger partial charge in [0.2, 0.25) is 0 Å². The maximum absolute atomic E-state index is 2.60. The van der Waals surface area contributed by atoms with Crippen LogP contribution < -0.4 is 0 Å². The lowest BCUT2D eigenvalue weighted by atomic mass is 9.93. The highest BCUT2D eigenvalue weighted by atomic mass is 15.2. The fourth-order valence-electron chi connectivity index (χ4n) is 2.78. The Morgan fingerprint density at radius 2 is 2.08 bits per heavy atom. The Morgan fingerprint density at radius 1 is 1.25 bits per heavy atom. The Balaban J connectivity index is 1.95. The third-order valence-corrected chi connectivity index (χ3v) is 3.64. The Bertz CT molecular complexity index is 158. The average Bonchev–Trinajstić information content (AvgIpc) is 2.47. The van der Waals surface area contributed by atoms with Crippen molar-refractivity contribution in [1.29, 1.82) is 0 Å². The molecular weight excluding hydrogens is 148 g/mol. The van der Waals surface area contributed by atoms with Crippen LogP contribution in [0.15, 0.2) is 0 Å². The van der Waals surface area contributed by atoms with Crippen molar-refractivity contribution < 1.29 is 0 Å². The van der Waals surface area contributed by atoms with Crippen molar-refractivity contribution in [2.24, 2.45) is 5.92 Å². The summed E-state index contributed by atoms with van der Waals surface area (Å²) in [5, 5.41) is 0. The lowest BCUT2D eigenvalue weighted by Crippen LogP contribution is -2.44. The highest BCUT2D eigenvalue weighted by Gasteiger charge is 2.35. The third-order valence-electron chi connectivity index (χ3n) is 3.64. The molecular formula is C10H20N2. The molecule has 2 heteroatoms. The minimum atomic E-state index is 0.910. The van der Waals surface area contributed by atoms with Gasteiger partial charge < -0.3 is 9.80 Å². The second-order valence-corrected chi connectivity index (χ2v) is 4.28. The molecule has 0 saturated carbocycles. The molecule has 0 bridgehead atoms. The van der Waals surface area contributed by atoms with E-state index in [0.717, 1.165) is 12.0 Å². The van der Waals surface area contributed by atoms with Crippen molar-refractivity contribution >= 4 is 0 Å². The molecule has 2 nitrogen and oxygen atoms in total. The molecule has 0 aromatic rings. The van der Waals surface area contributed by atoms with E-state index in [1.165, 1.54) is 39.0 Å². The summed E-state index contributed by atoms with van der Waals surface area (Å²) in [6.45, 7) is 7.52. The first-order valence-corrected chi connectivity index (χ1v) is 5.24. The Kier molecular flexibility index (Phi) is 2.37. The molecule has 2 aliphatic rings. The number of rotatable bonds is 1. The van der Waals surface area contributed by atoms with Gasteiger partial charge in [-0.25, -0.2) is 0 Å². The van der Waals surface area contributed by atoms with E-state index >= 15 is 0 Å². The first kappa shape index (κ1) is 8.52. The normalized spacial score (nSPS) is 38.5. The first-order valence-electron chi connectivity index (χ1n) is 5.24. The molecule has 2 unspecified atom stereocenters. The zero-order chi connectivity index (χ0) is 8.55. The molecule has 2 heterocycles. The smallest absolute Gasteiger partial charge is 0.0145 e. The molecule has 0 N–H and O–H groups in total. The predicted octanol–water partition coefficient (Wildman–Crippen LogP) is 1.03. The molecule has 0 aliphatic carbocycles. The standard InChI is InChI=1S/C10H20N2/c1-3-12-7-5-10-9(8-12)4-6-11(10)2/h9-10H,3-8H2,1-2H3. The highest BCUT2D eigenvalue weighted by Crippen LogP contribution is 2.29. The summed E-state index contributed by atoms with van der Waals surface area (Å²) in [5.41, 5.74) is 0. The van der Waals surface area contributed by atoms with E-state index < -0.39 is 0 Å². The van der Waals surface area contributed by atoms with Gasteiger partial charge in [-0.05, 0) is 45.4 Å². The van der Waals surface area contributed by atoms with Crippen molar-refractivity contribution in [2.45, 2.75) is 25.8 Å². The van der Waals surface area contributed by atoms with Gasteiger partial charge in [0, 0.05) is 12.6 Å². The van der Waals surface area contributed by atoms with Gasteiger partial charge in [-0.15, -0.1) is 0 Å². The van der Waals surface area contributed by atoms with Gasteiger partial charge in [-0.2, -0.15) is 0 Å². The van der Waals surface area contributed by atoms with E-state index in [4.69, 9.17) is 0 Å². The van der Waals surface area contributed by atoms with Gasteiger partial charge >= 0.3 is 0 Å². The van der Waals surface area contributed by atoms with Gasteiger partial charge in [-0.1, -0.05) is 6.92 Å². The molecule has 0 amide bonds. The van der Waals surface area contributed by atoms with Crippen LogP contribution in [0.1, 0.15) is 19.8 Å². The van der Waals surface area contributed by atoms with Crippen molar-refractivity contribution in [3.63, 3.8) is 0 Å². The number of hydrogen-bond acceptors (Lipinski definition) is 2. The topological polar surface area (TPSA) is 6.48 Å². The van der Waals surface area contributed by atoms with Crippen LogP contribution in [0.3, 0.4) is 0 Å². The van der Waals surface area contributed by atoms with Gasteiger partial charge in [0.05, 0.1) is 0 Å². The molecule has 2 atom stereocenters. The van der Waals surface area contributed by atoms with Crippen LogP contribution in [-0.2, 0) is 0 Å². The molecule has 0 aromatic heterocycles. The molecule has 2 fully saturated rings. The van der Waals surface area contributed by atoms with Gasteiger partial charge in [0.25, 0.3) is 0 Å². The Hall–Kier alpha value is -0.0800. The summed E-state index contributed by atoms with van der Waals surface area (Å²) >= 11 is 0. The third kappa shape index (κ3) is 1.38. The minimum Gasteiger partial charge on any atom is -0.303 e. The maximum atomic E-state index is 2.60. The predicted molar refractivity (Wildman–Crippen MR) is 51.3 cm³/mol. The van der Waals surface area contributed by atoms with Crippen LogP contribution in [0, 0.1) is 5.92 Å². The van der Waals surface area contributed by atoms with E-state index in [1.807, 2.05) is 0 Å². The van der Waals surface area contributed by atoms with Gasteiger partial charge in [0.15, 0.2) is 0 Å². The fourth-order valence-corrected chi connectivity index (χ4v) is 2.78. The molecule has 70 valence electrons. The fraction of sp³-hybridized carbons (Fsp3) is 1.00. The molecule has 12 heavy (non-hydrogen) atoms. The highest BCUT2D eigenvalue weighted by molar-refractivity contribution is 4.90. The first-order chi connectivity index (χ1) is 5.81. The number of nitrogens with zero attached hydrogens (tertiary/aromatic N) is 2. The maximum Gasteiger partial charge on any atom is 0.0145 e. The molecule has 0 radical (unpaired) electrons. The van der Waals surface area contributed by atoms with E-state index in [0.29, 0.717) is 0 Å². The van der Waals surface area contributed by atoms with Gasteiger partial charge in [-0.3, -0.25) is 0 Å². The van der Waals surface area contributed by atoms with E-state index in [-0.39, 0.29) is 0 Å². The second-order valence-electron chi connectivity index (χ2n) is 4.28. The number of hydrogen-bond donors (Lipinski definition) is 0. The minimum absolute atomic E-state index is 0.910. The van der Waals surface area contributed by atoms with Crippen molar-refractivity contribution in [1.82, 2.24) is 9.80 Å². The average molecular weight is 168 g/mol. The molecule has 0 spiro atoms. The molecule has 2 saturated heterocycles. The van der Waals surface area contributed by atoms with Crippen LogP contribution in [0.2, 0.25) is 0 Å². The zero-order valence-electron chi connectivity index (χ0n) is 8.29. The largest absolute Gasteiger partial charge is 0.303 e. The quantitative estimate of drug-likeness (QED) is 0.577. The van der Waals surface area contributed by atoms with Crippen molar-refractivity contribution in [3.8, 4) is 0 Å². The van der Waals surface area contributed by atoms with E-state index in [2.05, 4.69) is 23.8 Å². The summed E-state index contributed by atoms with van der Waals surface area (Å²) in [5.74, 6) is 0.976. The van der Waals surface area contributed by atoms with Crippen LogP contribution >= 0.6 is 0 Å². The van der Waals surface area contributed by atoms with Crippen molar-refractivity contribution in [2.75, 3.05) is 33.2 Å². The van der Waals surface area contributed by atoms with E-state index in [9.17, 15) is 0 Å². The van der Waals surface area contributed by atoms with Crippen LogP contribution in [0.25, 0.3) is 0 Å². The molecule has 2 aliphatic heterocycles. The summed E-state index contributed by atoms with van der Waals surface area (Å²) < 4.78 is 0. The SMILES string of the molecule is CCN1CCC2C(CCN2C)C1. The summed E-state index contributed by atoms with van der Waals surface area (Å²) in [4.78, 5) is 5.15. The Labute approximate surface area is 75.5 Å². The zero-order valence-corrected chi connectivity index (χ0v) is 8.29. The Morgan fingerprint density at radius 3 is 2.83 bits per heavy atom. The monoisotopic (exact) mass is 168 g/mol. The number of fused-ring (bicyclic) bond motifs is 1. The van der Waals surface area contributed by atoms with Crippen LogP contribution in [-0.4, -0.2) is 49.1 Å². The molecule has 2 rings (SSSR count).